The highest BCUT2D eigenvalue weighted by Gasteiger charge is 2.06. The molecule has 0 atom stereocenters. The van der Waals surface area contributed by atoms with Gasteiger partial charge in [0.05, 0.1) is 16.8 Å². The first kappa shape index (κ1) is 12.3. The SMILES string of the molecule is CCOCCOc1cc(F)c(Br)cc1N. The van der Waals surface area contributed by atoms with Crippen LogP contribution in [0.5, 0.6) is 5.75 Å². The number of halogens is 2. The summed E-state index contributed by atoms with van der Waals surface area (Å²) in [7, 11) is 0. The van der Waals surface area contributed by atoms with Gasteiger partial charge >= 0.3 is 0 Å². The van der Waals surface area contributed by atoms with Gasteiger partial charge in [0.25, 0.3) is 0 Å². The molecular weight excluding hydrogens is 265 g/mol. The fourth-order valence-corrected chi connectivity index (χ4v) is 1.38. The predicted octanol–water partition coefficient (Wildman–Crippen LogP) is 2.59. The smallest absolute Gasteiger partial charge is 0.145 e. The Balaban J connectivity index is 2.57. The third-order valence-electron chi connectivity index (χ3n) is 1.74. The lowest BCUT2D eigenvalue weighted by Gasteiger charge is -2.09. The van der Waals surface area contributed by atoms with Crippen molar-refractivity contribution in [2.75, 3.05) is 25.6 Å². The molecule has 0 saturated heterocycles. The maximum Gasteiger partial charge on any atom is 0.145 e. The number of hydrogen-bond donors (Lipinski definition) is 1. The highest BCUT2D eigenvalue weighted by molar-refractivity contribution is 9.10. The van der Waals surface area contributed by atoms with Crippen molar-refractivity contribution in [2.24, 2.45) is 0 Å². The molecule has 15 heavy (non-hydrogen) atoms. The van der Waals surface area contributed by atoms with Gasteiger partial charge in [-0.25, -0.2) is 4.39 Å². The molecule has 0 aliphatic heterocycles. The van der Waals surface area contributed by atoms with Crippen LogP contribution in [-0.4, -0.2) is 19.8 Å². The van der Waals surface area contributed by atoms with Gasteiger partial charge in [-0.3, -0.25) is 0 Å². The standard InChI is InChI=1S/C10H13BrFNO2/c1-2-14-3-4-15-10-6-8(12)7(11)5-9(10)13/h5-6H,2-4,13H2,1H3. The summed E-state index contributed by atoms with van der Waals surface area (Å²) >= 11 is 3.04. The van der Waals surface area contributed by atoms with Crippen LogP contribution in [0, 0.1) is 5.82 Å². The van der Waals surface area contributed by atoms with E-state index < -0.39 is 5.82 Å². The first-order chi connectivity index (χ1) is 7.15. The van der Waals surface area contributed by atoms with Crippen LogP contribution >= 0.6 is 15.9 Å². The van der Waals surface area contributed by atoms with Crippen molar-refractivity contribution in [1.82, 2.24) is 0 Å². The molecule has 0 saturated carbocycles. The predicted molar refractivity (Wildman–Crippen MR) is 60.5 cm³/mol. The molecule has 0 fully saturated rings. The first-order valence-corrected chi connectivity index (χ1v) is 5.39. The Kier molecular flexibility index (Phi) is 4.84. The number of benzene rings is 1. The normalized spacial score (nSPS) is 10.3. The van der Waals surface area contributed by atoms with Crippen LogP contribution in [0.15, 0.2) is 16.6 Å². The summed E-state index contributed by atoms with van der Waals surface area (Å²) in [4.78, 5) is 0. The minimum Gasteiger partial charge on any atom is -0.489 e. The highest BCUT2D eigenvalue weighted by atomic mass is 79.9. The minimum absolute atomic E-state index is 0.331. The molecule has 0 heterocycles. The van der Waals surface area contributed by atoms with Gasteiger partial charge in [-0.05, 0) is 28.9 Å². The first-order valence-electron chi connectivity index (χ1n) is 4.60. The number of hydrogen-bond acceptors (Lipinski definition) is 3. The lowest BCUT2D eigenvalue weighted by Crippen LogP contribution is -2.07. The Hall–Kier alpha value is -0.810. The van der Waals surface area contributed by atoms with E-state index in [0.29, 0.717) is 35.7 Å². The Morgan fingerprint density at radius 3 is 2.80 bits per heavy atom. The third kappa shape index (κ3) is 3.68. The molecule has 1 aromatic rings. The number of anilines is 1. The lowest BCUT2D eigenvalue weighted by molar-refractivity contribution is 0.110. The van der Waals surface area contributed by atoms with E-state index in [2.05, 4.69) is 15.9 Å². The van der Waals surface area contributed by atoms with E-state index >= 15 is 0 Å². The number of ether oxygens (including phenoxy) is 2. The molecule has 3 nitrogen and oxygen atoms in total. The van der Waals surface area contributed by atoms with Crippen molar-refractivity contribution in [3.05, 3.63) is 22.4 Å². The van der Waals surface area contributed by atoms with Crippen molar-refractivity contribution < 1.29 is 13.9 Å². The quantitative estimate of drug-likeness (QED) is 0.665. The summed E-state index contributed by atoms with van der Waals surface area (Å²) in [5, 5.41) is 0. The Labute approximate surface area is 96.5 Å². The second-order valence-electron chi connectivity index (χ2n) is 2.85. The zero-order chi connectivity index (χ0) is 11.3. The average molecular weight is 278 g/mol. The van der Waals surface area contributed by atoms with Crippen LogP contribution < -0.4 is 10.5 Å². The van der Waals surface area contributed by atoms with Crippen molar-refractivity contribution in [2.45, 2.75) is 6.92 Å². The Bertz CT molecular complexity index is 333. The van der Waals surface area contributed by atoms with Gasteiger partial charge in [-0.2, -0.15) is 0 Å². The van der Waals surface area contributed by atoms with Crippen molar-refractivity contribution in [1.29, 1.82) is 0 Å². The van der Waals surface area contributed by atoms with E-state index in [-0.39, 0.29) is 0 Å². The largest absolute Gasteiger partial charge is 0.489 e. The third-order valence-corrected chi connectivity index (χ3v) is 2.35. The molecule has 0 aliphatic carbocycles. The second-order valence-corrected chi connectivity index (χ2v) is 3.70. The van der Waals surface area contributed by atoms with Gasteiger partial charge in [0.15, 0.2) is 0 Å². The zero-order valence-corrected chi connectivity index (χ0v) is 10.0. The van der Waals surface area contributed by atoms with Crippen molar-refractivity contribution in [3.8, 4) is 5.75 Å². The van der Waals surface area contributed by atoms with E-state index in [0.717, 1.165) is 0 Å². The monoisotopic (exact) mass is 277 g/mol. The molecule has 1 aromatic carbocycles. The summed E-state index contributed by atoms with van der Waals surface area (Å²) in [5.74, 6) is -0.0500. The Morgan fingerprint density at radius 1 is 1.40 bits per heavy atom. The Morgan fingerprint density at radius 2 is 2.13 bits per heavy atom. The molecule has 84 valence electrons. The molecule has 2 N–H and O–H groups in total. The fraction of sp³-hybridized carbons (Fsp3) is 0.400. The van der Waals surface area contributed by atoms with Crippen LogP contribution in [0.2, 0.25) is 0 Å². The van der Waals surface area contributed by atoms with Crippen molar-refractivity contribution >= 4 is 21.6 Å². The summed E-state index contributed by atoms with van der Waals surface area (Å²) in [5.41, 5.74) is 6.05. The van der Waals surface area contributed by atoms with E-state index in [1.807, 2.05) is 6.92 Å². The second kappa shape index (κ2) is 5.92. The number of rotatable bonds is 5. The molecule has 0 amide bonds. The van der Waals surface area contributed by atoms with Gasteiger partial charge in [0.1, 0.15) is 18.2 Å². The summed E-state index contributed by atoms with van der Waals surface area (Å²) in [6.45, 7) is 3.36. The topological polar surface area (TPSA) is 44.5 Å². The summed E-state index contributed by atoms with van der Waals surface area (Å²) < 4.78 is 23.8. The minimum atomic E-state index is -0.393. The molecule has 0 aliphatic rings. The van der Waals surface area contributed by atoms with E-state index in [1.165, 1.54) is 12.1 Å². The van der Waals surface area contributed by atoms with Crippen LogP contribution in [0.4, 0.5) is 10.1 Å². The highest BCUT2D eigenvalue weighted by Crippen LogP contribution is 2.28. The van der Waals surface area contributed by atoms with Gasteiger partial charge in [-0.1, -0.05) is 0 Å². The number of nitrogens with two attached hydrogens (primary N) is 1. The molecule has 0 unspecified atom stereocenters. The van der Waals surface area contributed by atoms with Gasteiger partial charge in [-0.15, -0.1) is 0 Å². The van der Waals surface area contributed by atoms with Gasteiger partial charge in [0, 0.05) is 12.7 Å². The molecule has 5 heteroatoms. The summed E-state index contributed by atoms with van der Waals surface area (Å²) in [6, 6.07) is 2.73. The zero-order valence-electron chi connectivity index (χ0n) is 8.43. The average Bonchev–Trinajstić information content (AvgIpc) is 2.20. The van der Waals surface area contributed by atoms with Crippen LogP contribution in [0.3, 0.4) is 0 Å². The van der Waals surface area contributed by atoms with Crippen LogP contribution in [0.25, 0.3) is 0 Å². The molecule has 0 aromatic heterocycles. The maximum absolute atomic E-state index is 13.1. The maximum atomic E-state index is 13.1. The molecule has 0 bridgehead atoms. The van der Waals surface area contributed by atoms with E-state index in [4.69, 9.17) is 15.2 Å². The van der Waals surface area contributed by atoms with E-state index in [9.17, 15) is 4.39 Å². The molecule has 0 spiro atoms. The molecule has 0 radical (unpaired) electrons. The molecular formula is C10H13BrFNO2. The van der Waals surface area contributed by atoms with Gasteiger partial charge < -0.3 is 15.2 Å². The van der Waals surface area contributed by atoms with Crippen LogP contribution in [0.1, 0.15) is 6.92 Å². The summed E-state index contributed by atoms with van der Waals surface area (Å²) in [6.07, 6.45) is 0. The number of nitrogen functional groups attached to an aromatic ring is 1. The van der Waals surface area contributed by atoms with Crippen LogP contribution in [-0.2, 0) is 4.74 Å². The van der Waals surface area contributed by atoms with E-state index in [1.54, 1.807) is 0 Å². The fourth-order valence-electron chi connectivity index (χ4n) is 1.02. The van der Waals surface area contributed by atoms with Gasteiger partial charge in [0.2, 0.25) is 0 Å². The van der Waals surface area contributed by atoms with Crippen molar-refractivity contribution in [3.63, 3.8) is 0 Å². The molecule has 1 rings (SSSR count). The lowest BCUT2D eigenvalue weighted by atomic mass is 10.3.